The van der Waals surface area contributed by atoms with Crippen molar-refractivity contribution in [1.82, 2.24) is 10.2 Å². The summed E-state index contributed by atoms with van der Waals surface area (Å²) in [5.74, 6) is 0.144. The van der Waals surface area contributed by atoms with Gasteiger partial charge in [0.1, 0.15) is 0 Å². The van der Waals surface area contributed by atoms with Crippen molar-refractivity contribution in [3.63, 3.8) is 0 Å². The minimum atomic E-state index is -1.01. The molecule has 1 fully saturated rings. The number of carbonyl (C=O) groups excluding carboxylic acids is 2. The van der Waals surface area contributed by atoms with Crippen molar-refractivity contribution >= 4 is 12.0 Å². The number of nitrogens with zero attached hydrogens (tertiary/aromatic N) is 1. The van der Waals surface area contributed by atoms with Gasteiger partial charge in [-0.1, -0.05) is 6.92 Å². The first-order valence-corrected chi connectivity index (χ1v) is 6.63. The van der Waals surface area contributed by atoms with Crippen LogP contribution in [0.25, 0.3) is 0 Å². The lowest BCUT2D eigenvalue weighted by Gasteiger charge is -2.30. The molecule has 110 valence electrons. The molecule has 6 heteroatoms. The molecule has 0 aliphatic heterocycles. The summed E-state index contributed by atoms with van der Waals surface area (Å²) in [7, 11) is 4.15. The Morgan fingerprint density at radius 1 is 1.21 bits per heavy atom. The van der Waals surface area contributed by atoms with E-state index >= 15 is 0 Å². The molecule has 19 heavy (non-hydrogen) atoms. The highest BCUT2D eigenvalue weighted by atomic mass is 16.6. The number of amides is 2. The second-order valence-electron chi connectivity index (χ2n) is 5.13. The number of urea groups is 1. The molecule has 1 unspecified atom stereocenters. The van der Waals surface area contributed by atoms with E-state index in [0.29, 0.717) is 0 Å². The van der Waals surface area contributed by atoms with E-state index in [2.05, 4.69) is 17.0 Å². The Bertz CT molecular complexity index is 314. The molecule has 0 aromatic heterocycles. The molecule has 0 bridgehead atoms. The van der Waals surface area contributed by atoms with Crippen LogP contribution >= 0.6 is 0 Å². The normalized spacial score (nSPS) is 24.4. The van der Waals surface area contributed by atoms with Gasteiger partial charge in [0.25, 0.3) is 0 Å². The molecule has 1 atom stereocenters. The zero-order chi connectivity index (χ0) is 14.4. The van der Waals surface area contributed by atoms with Crippen LogP contribution in [-0.4, -0.2) is 50.4 Å². The average Bonchev–Trinajstić information content (AvgIpc) is 2.41. The second-order valence-corrected chi connectivity index (χ2v) is 5.13. The van der Waals surface area contributed by atoms with Crippen molar-refractivity contribution in [2.45, 2.75) is 44.9 Å². The third-order valence-electron chi connectivity index (χ3n) is 3.64. The monoisotopic (exact) mass is 272 g/mol. The molecule has 0 aromatic rings. The summed E-state index contributed by atoms with van der Waals surface area (Å²) in [6, 6.07) is -0.127. The van der Waals surface area contributed by atoms with E-state index in [1.165, 1.54) is 26.2 Å². The van der Waals surface area contributed by atoms with Crippen molar-refractivity contribution in [3.8, 4) is 0 Å². The van der Waals surface area contributed by atoms with Gasteiger partial charge in [0.2, 0.25) is 6.23 Å². The Morgan fingerprint density at radius 3 is 2.26 bits per heavy atom. The van der Waals surface area contributed by atoms with Crippen molar-refractivity contribution in [3.05, 3.63) is 0 Å². The maximum atomic E-state index is 12.0. The standard InChI is InChI=1S/C13H24N2O4/c1-9-5-7-10(8-6-9)14-13(17)15(2)11(18-3)12(16)19-4/h9-11H,5-8H2,1-4H3,(H,14,17)/t9-,10-,11?. The predicted molar refractivity (Wildman–Crippen MR) is 70.5 cm³/mol. The molecule has 0 heterocycles. The van der Waals surface area contributed by atoms with Gasteiger partial charge in [-0.05, 0) is 31.6 Å². The second kappa shape index (κ2) is 7.33. The van der Waals surface area contributed by atoms with Gasteiger partial charge in [-0.25, -0.2) is 9.59 Å². The summed E-state index contributed by atoms with van der Waals surface area (Å²) >= 11 is 0. The van der Waals surface area contributed by atoms with Crippen molar-refractivity contribution in [2.24, 2.45) is 5.92 Å². The number of carbonyl (C=O) groups is 2. The van der Waals surface area contributed by atoms with E-state index in [1.807, 2.05) is 0 Å². The van der Waals surface area contributed by atoms with Gasteiger partial charge in [-0.2, -0.15) is 0 Å². The minimum Gasteiger partial charge on any atom is -0.466 e. The van der Waals surface area contributed by atoms with Crippen LogP contribution in [0, 0.1) is 5.92 Å². The molecule has 0 aromatic carbocycles. The lowest BCUT2D eigenvalue weighted by Crippen LogP contribution is -2.51. The van der Waals surface area contributed by atoms with E-state index in [9.17, 15) is 9.59 Å². The first-order chi connectivity index (χ1) is 8.99. The molecule has 2 amide bonds. The van der Waals surface area contributed by atoms with Gasteiger partial charge < -0.3 is 14.8 Å². The smallest absolute Gasteiger partial charge is 0.356 e. The fourth-order valence-electron chi connectivity index (χ4n) is 2.30. The number of hydrogen-bond acceptors (Lipinski definition) is 4. The first-order valence-electron chi connectivity index (χ1n) is 6.63. The van der Waals surface area contributed by atoms with E-state index in [0.717, 1.165) is 31.6 Å². The average molecular weight is 272 g/mol. The fraction of sp³-hybridized carbons (Fsp3) is 0.846. The Hall–Kier alpha value is -1.30. The zero-order valence-electron chi connectivity index (χ0n) is 12.1. The summed E-state index contributed by atoms with van der Waals surface area (Å²) in [4.78, 5) is 24.7. The van der Waals surface area contributed by atoms with Crippen LogP contribution in [0.15, 0.2) is 0 Å². The number of ether oxygens (including phenoxy) is 2. The van der Waals surface area contributed by atoms with Crippen LogP contribution in [0.4, 0.5) is 4.79 Å². The quantitative estimate of drug-likeness (QED) is 0.619. The molecule has 1 saturated carbocycles. The number of rotatable bonds is 4. The Labute approximate surface area is 114 Å². The number of likely N-dealkylation sites (N-methyl/N-ethyl adjacent to an activating group) is 1. The lowest BCUT2D eigenvalue weighted by atomic mass is 9.87. The third-order valence-corrected chi connectivity index (χ3v) is 3.64. The molecule has 0 radical (unpaired) electrons. The molecule has 0 saturated heterocycles. The number of esters is 1. The molecular weight excluding hydrogens is 248 g/mol. The van der Waals surface area contributed by atoms with Crippen molar-refractivity contribution < 1.29 is 19.1 Å². The summed E-state index contributed by atoms with van der Waals surface area (Å²) in [6.45, 7) is 2.22. The highest BCUT2D eigenvalue weighted by Gasteiger charge is 2.29. The number of hydrogen-bond donors (Lipinski definition) is 1. The molecule has 1 rings (SSSR count). The number of nitrogens with one attached hydrogen (secondary N) is 1. The Kier molecular flexibility index (Phi) is 6.08. The maximum Gasteiger partial charge on any atom is 0.356 e. The van der Waals surface area contributed by atoms with Crippen LogP contribution < -0.4 is 5.32 Å². The van der Waals surface area contributed by atoms with Crippen LogP contribution in [0.3, 0.4) is 0 Å². The summed E-state index contributed by atoms with van der Waals surface area (Å²) in [5, 5.41) is 2.93. The Balaban J connectivity index is 2.49. The van der Waals surface area contributed by atoms with Gasteiger partial charge >= 0.3 is 12.0 Å². The van der Waals surface area contributed by atoms with Crippen LogP contribution in [0.1, 0.15) is 32.6 Å². The summed E-state index contributed by atoms with van der Waals surface area (Å²) in [5.41, 5.74) is 0. The van der Waals surface area contributed by atoms with Crippen LogP contribution in [0.5, 0.6) is 0 Å². The largest absolute Gasteiger partial charge is 0.466 e. The van der Waals surface area contributed by atoms with E-state index in [1.54, 1.807) is 0 Å². The summed E-state index contributed by atoms with van der Waals surface area (Å²) < 4.78 is 9.58. The van der Waals surface area contributed by atoms with Gasteiger partial charge in [0.05, 0.1) is 7.11 Å². The molecule has 1 aliphatic carbocycles. The predicted octanol–water partition coefficient (Wildman–Crippen LogP) is 1.35. The lowest BCUT2D eigenvalue weighted by molar-refractivity contribution is -0.160. The van der Waals surface area contributed by atoms with E-state index < -0.39 is 12.2 Å². The highest BCUT2D eigenvalue weighted by molar-refractivity contribution is 5.82. The molecule has 1 N–H and O–H groups in total. The summed E-state index contributed by atoms with van der Waals surface area (Å²) in [6.07, 6.45) is 3.21. The SMILES string of the molecule is COC(=O)C(OC)N(C)C(=O)N[C@H]1CC[C@H](C)CC1. The van der Waals surface area contributed by atoms with Crippen LogP contribution in [0.2, 0.25) is 0 Å². The molecule has 1 aliphatic rings. The maximum absolute atomic E-state index is 12.0. The van der Waals surface area contributed by atoms with Crippen molar-refractivity contribution in [2.75, 3.05) is 21.3 Å². The van der Waals surface area contributed by atoms with Crippen molar-refractivity contribution in [1.29, 1.82) is 0 Å². The Morgan fingerprint density at radius 2 is 1.79 bits per heavy atom. The van der Waals surface area contributed by atoms with E-state index in [4.69, 9.17) is 4.74 Å². The fourth-order valence-corrected chi connectivity index (χ4v) is 2.30. The molecule has 0 spiro atoms. The van der Waals surface area contributed by atoms with E-state index in [-0.39, 0.29) is 12.1 Å². The van der Waals surface area contributed by atoms with Gasteiger partial charge in [0, 0.05) is 20.2 Å². The zero-order valence-corrected chi connectivity index (χ0v) is 12.1. The highest BCUT2D eigenvalue weighted by Crippen LogP contribution is 2.23. The minimum absolute atomic E-state index is 0.182. The molecular formula is C13H24N2O4. The van der Waals surface area contributed by atoms with Gasteiger partial charge in [-0.3, -0.25) is 4.90 Å². The van der Waals surface area contributed by atoms with Gasteiger partial charge in [0.15, 0.2) is 0 Å². The van der Waals surface area contributed by atoms with Crippen LogP contribution in [-0.2, 0) is 14.3 Å². The molecule has 6 nitrogen and oxygen atoms in total. The first kappa shape index (κ1) is 15.8. The van der Waals surface area contributed by atoms with Gasteiger partial charge in [-0.15, -0.1) is 0 Å². The topological polar surface area (TPSA) is 67.9 Å². The third kappa shape index (κ3) is 4.38. The number of methoxy groups -OCH3 is 2.